The van der Waals surface area contributed by atoms with Crippen LogP contribution in [0.1, 0.15) is 41.6 Å². The third kappa shape index (κ3) is 6.50. The van der Waals surface area contributed by atoms with E-state index in [0.717, 1.165) is 36.5 Å². The Kier molecular flexibility index (Phi) is 7.55. The van der Waals surface area contributed by atoms with Gasteiger partial charge in [0, 0.05) is 35.9 Å². The number of aromatic nitrogens is 1. The number of nitrogens with zero attached hydrogens (tertiary/aromatic N) is 2. The summed E-state index contributed by atoms with van der Waals surface area (Å²) in [6, 6.07) is 6.07. The van der Waals surface area contributed by atoms with Gasteiger partial charge in [-0.2, -0.15) is 26.3 Å². The number of aliphatic imine (C=N–C) groups is 1. The minimum absolute atomic E-state index is 0.0486. The fourth-order valence-corrected chi connectivity index (χ4v) is 2.81. The molecule has 11 heteroatoms. The van der Waals surface area contributed by atoms with Crippen LogP contribution in [-0.4, -0.2) is 22.8 Å². The van der Waals surface area contributed by atoms with Crippen LogP contribution in [0.2, 0.25) is 0 Å². The van der Waals surface area contributed by atoms with E-state index in [1.54, 1.807) is 0 Å². The number of aldehydes is 1. The minimum atomic E-state index is -4.63. The van der Waals surface area contributed by atoms with Crippen molar-refractivity contribution in [2.45, 2.75) is 31.6 Å². The van der Waals surface area contributed by atoms with Crippen molar-refractivity contribution in [1.82, 2.24) is 4.98 Å². The zero-order chi connectivity index (χ0) is 24.1. The fraction of sp³-hybridized carbons (Fsp3) is 0.238. The van der Waals surface area contributed by atoms with E-state index >= 15 is 0 Å². The van der Waals surface area contributed by atoms with Gasteiger partial charge in [-0.3, -0.25) is 9.78 Å². The molecule has 2 rings (SSSR count). The highest BCUT2D eigenvalue weighted by Gasteiger charge is 2.32. The van der Waals surface area contributed by atoms with Crippen LogP contribution in [-0.2, 0) is 17.1 Å². The van der Waals surface area contributed by atoms with E-state index in [1.165, 1.54) is 19.1 Å². The predicted octanol–water partition coefficient (Wildman–Crippen LogP) is 5.23. The molecule has 1 heterocycles. The van der Waals surface area contributed by atoms with Crippen molar-refractivity contribution in [3.8, 4) is 0 Å². The lowest BCUT2D eigenvalue weighted by molar-refractivity contribution is -0.141. The molecule has 5 nitrogen and oxygen atoms in total. The molecular weight excluding hydrogens is 438 g/mol. The second-order valence-corrected chi connectivity index (χ2v) is 6.78. The highest BCUT2D eigenvalue weighted by molar-refractivity contribution is 5.95. The molecule has 0 aliphatic heterocycles. The Labute approximate surface area is 179 Å². The van der Waals surface area contributed by atoms with Crippen molar-refractivity contribution >= 4 is 23.5 Å². The molecule has 0 saturated heterocycles. The Morgan fingerprint density at radius 1 is 1.09 bits per heavy atom. The topological polar surface area (TPSA) is 92.2 Å². The molecule has 2 aromatic rings. The summed E-state index contributed by atoms with van der Waals surface area (Å²) in [5, 5.41) is 7.95. The van der Waals surface area contributed by atoms with E-state index in [-0.39, 0.29) is 29.2 Å². The summed E-state index contributed by atoms with van der Waals surface area (Å²) < 4.78 is 76.4. The summed E-state index contributed by atoms with van der Waals surface area (Å²) in [4.78, 5) is 18.3. The maximum absolute atomic E-state index is 12.8. The van der Waals surface area contributed by atoms with Gasteiger partial charge in [0.15, 0.2) is 0 Å². The molecule has 1 unspecified atom stereocenters. The van der Waals surface area contributed by atoms with Gasteiger partial charge < -0.3 is 11.1 Å². The van der Waals surface area contributed by atoms with Crippen LogP contribution in [0.25, 0.3) is 5.70 Å². The standard InChI is InChI=1S/C21H18F6N4O/c1-12(28)16(13-2-5-15(6-3-13)20(22,23)24)10-19(29)31-17(8-9-32)14-4-7-18(30-11-14)21(25,26)27/h2-9,11,16,28H,10H2,1H3,(H2,29,31)/b17-8-,28-12?. The average Bonchev–Trinajstić information content (AvgIpc) is 2.70. The van der Waals surface area contributed by atoms with E-state index < -0.39 is 29.5 Å². The number of rotatable bonds is 7. The first kappa shape index (κ1) is 24.8. The molecule has 1 aromatic carbocycles. The van der Waals surface area contributed by atoms with Crippen molar-refractivity contribution in [3.05, 3.63) is 71.1 Å². The molecule has 0 bridgehead atoms. The number of amidine groups is 1. The number of pyridine rings is 1. The van der Waals surface area contributed by atoms with Crippen LogP contribution in [0.15, 0.2) is 53.7 Å². The maximum Gasteiger partial charge on any atom is 0.433 e. The lowest BCUT2D eigenvalue weighted by Crippen LogP contribution is -2.20. The molecule has 0 spiro atoms. The Hall–Kier alpha value is -3.50. The second-order valence-electron chi connectivity index (χ2n) is 6.78. The Bertz CT molecular complexity index is 1020. The average molecular weight is 456 g/mol. The number of hydrogen-bond donors (Lipinski definition) is 2. The quantitative estimate of drug-likeness (QED) is 0.197. The monoisotopic (exact) mass is 456 g/mol. The van der Waals surface area contributed by atoms with Crippen LogP contribution in [0.4, 0.5) is 26.3 Å². The first-order valence-electron chi connectivity index (χ1n) is 9.07. The number of benzene rings is 1. The van der Waals surface area contributed by atoms with Gasteiger partial charge in [0.05, 0.1) is 11.3 Å². The van der Waals surface area contributed by atoms with E-state index in [4.69, 9.17) is 11.1 Å². The van der Waals surface area contributed by atoms with Gasteiger partial charge in [-0.15, -0.1) is 0 Å². The number of carbonyl (C=O) groups is 1. The van der Waals surface area contributed by atoms with Crippen LogP contribution < -0.4 is 5.73 Å². The van der Waals surface area contributed by atoms with Gasteiger partial charge in [0.2, 0.25) is 0 Å². The van der Waals surface area contributed by atoms with Gasteiger partial charge >= 0.3 is 12.4 Å². The van der Waals surface area contributed by atoms with Gasteiger partial charge in [-0.05, 0) is 36.8 Å². The SMILES string of the molecule is CC(=N)C(CC(N)=N/C(=C\C=O)c1ccc(C(F)(F)F)nc1)c1ccc(C(F)(F)F)cc1. The molecule has 0 amide bonds. The number of alkyl halides is 6. The van der Waals surface area contributed by atoms with Gasteiger partial charge in [-0.25, -0.2) is 4.99 Å². The van der Waals surface area contributed by atoms with E-state index in [9.17, 15) is 31.1 Å². The zero-order valence-electron chi connectivity index (χ0n) is 16.6. The van der Waals surface area contributed by atoms with Gasteiger partial charge in [0.1, 0.15) is 17.8 Å². The summed E-state index contributed by atoms with van der Waals surface area (Å²) >= 11 is 0. The minimum Gasteiger partial charge on any atom is -0.387 e. The van der Waals surface area contributed by atoms with Gasteiger partial charge in [-0.1, -0.05) is 12.1 Å². The molecule has 0 saturated carbocycles. The Morgan fingerprint density at radius 2 is 1.72 bits per heavy atom. The molecule has 170 valence electrons. The second kappa shape index (κ2) is 9.75. The molecule has 0 radical (unpaired) electrons. The van der Waals surface area contributed by atoms with E-state index in [0.29, 0.717) is 11.8 Å². The first-order valence-corrected chi connectivity index (χ1v) is 9.07. The summed E-state index contributed by atoms with van der Waals surface area (Å²) in [6.07, 6.45) is -6.94. The number of nitrogens with two attached hydrogens (primary N) is 1. The fourth-order valence-electron chi connectivity index (χ4n) is 2.81. The van der Waals surface area contributed by atoms with Crippen LogP contribution in [0.3, 0.4) is 0 Å². The third-order valence-corrected chi connectivity index (χ3v) is 4.42. The Balaban J connectivity index is 2.30. The normalized spacial score (nSPS) is 14.2. The van der Waals surface area contributed by atoms with Crippen molar-refractivity contribution in [1.29, 1.82) is 5.41 Å². The van der Waals surface area contributed by atoms with Crippen LogP contribution in [0.5, 0.6) is 0 Å². The summed E-state index contributed by atoms with van der Waals surface area (Å²) in [5.41, 5.74) is 4.54. The van der Waals surface area contributed by atoms with Gasteiger partial charge in [0.25, 0.3) is 0 Å². The lowest BCUT2D eigenvalue weighted by Gasteiger charge is -2.17. The van der Waals surface area contributed by atoms with Crippen molar-refractivity contribution < 1.29 is 31.1 Å². The number of nitrogens with one attached hydrogen (secondary N) is 1. The molecule has 3 N–H and O–H groups in total. The smallest absolute Gasteiger partial charge is 0.387 e. The summed E-state index contributed by atoms with van der Waals surface area (Å²) in [7, 11) is 0. The number of carbonyl (C=O) groups excluding carboxylic acids is 1. The van der Waals surface area contributed by atoms with E-state index in [2.05, 4.69) is 9.98 Å². The van der Waals surface area contributed by atoms with E-state index in [1.807, 2.05) is 0 Å². The largest absolute Gasteiger partial charge is 0.433 e. The van der Waals surface area contributed by atoms with Crippen LogP contribution in [0, 0.1) is 5.41 Å². The zero-order valence-corrected chi connectivity index (χ0v) is 16.6. The molecule has 1 atom stereocenters. The molecule has 0 aliphatic rings. The highest BCUT2D eigenvalue weighted by Crippen LogP contribution is 2.31. The molecule has 1 aromatic heterocycles. The molecule has 0 aliphatic carbocycles. The first-order chi connectivity index (χ1) is 14.8. The molecule has 32 heavy (non-hydrogen) atoms. The van der Waals surface area contributed by atoms with Crippen molar-refractivity contribution in [2.24, 2.45) is 10.7 Å². The number of halogens is 6. The number of allylic oxidation sites excluding steroid dienone is 1. The maximum atomic E-state index is 12.8. The summed E-state index contributed by atoms with van der Waals surface area (Å²) in [5.74, 6) is -0.765. The van der Waals surface area contributed by atoms with Crippen molar-refractivity contribution in [2.75, 3.05) is 0 Å². The highest BCUT2D eigenvalue weighted by atomic mass is 19.4. The van der Waals surface area contributed by atoms with Crippen LogP contribution >= 0.6 is 0 Å². The predicted molar refractivity (Wildman–Crippen MR) is 107 cm³/mol. The van der Waals surface area contributed by atoms with Crippen molar-refractivity contribution in [3.63, 3.8) is 0 Å². The summed E-state index contributed by atoms with van der Waals surface area (Å²) in [6.45, 7) is 1.46. The third-order valence-electron chi connectivity index (χ3n) is 4.42. The molecule has 0 fully saturated rings. The Morgan fingerprint density at radius 3 is 2.16 bits per heavy atom. The molecular formula is C21H18F6N4O. The lowest BCUT2D eigenvalue weighted by atomic mass is 9.90. The number of hydrogen-bond acceptors (Lipinski definition) is 4.